The minimum Gasteiger partial charge on any atom is -0.387 e. The van der Waals surface area contributed by atoms with Gasteiger partial charge in [0, 0.05) is 51.2 Å². The number of nitrogens with zero attached hydrogens (tertiary/aromatic N) is 7. The van der Waals surface area contributed by atoms with Crippen molar-refractivity contribution >= 4 is 23.1 Å². The van der Waals surface area contributed by atoms with E-state index < -0.39 is 12.4 Å². The number of fused-ring (bicyclic) bond motifs is 1. The fourth-order valence-corrected chi connectivity index (χ4v) is 4.37. The van der Waals surface area contributed by atoms with Gasteiger partial charge >= 0.3 is 0 Å². The summed E-state index contributed by atoms with van der Waals surface area (Å²) in [5, 5.41) is 16.8. The number of hydrogen-bond acceptors (Lipinski definition) is 8. The first kappa shape index (κ1) is 23.6. The van der Waals surface area contributed by atoms with Crippen molar-refractivity contribution in [1.82, 2.24) is 29.5 Å². The van der Waals surface area contributed by atoms with Crippen LogP contribution in [0.4, 0.5) is 16.0 Å². The zero-order chi connectivity index (χ0) is 25.2. The third-order valence-corrected chi connectivity index (χ3v) is 6.25. The van der Waals surface area contributed by atoms with Crippen molar-refractivity contribution in [2.24, 2.45) is 0 Å². The normalized spacial score (nSPS) is 15.8. The van der Waals surface area contributed by atoms with Gasteiger partial charge < -0.3 is 20.2 Å². The Hall–Kier alpha value is -4.12. The number of likely N-dealkylation sites (tertiary alicyclic amines) is 1. The molecule has 5 rings (SSSR count). The minimum absolute atomic E-state index is 0.0465. The number of anilines is 2. The molecule has 36 heavy (non-hydrogen) atoms. The van der Waals surface area contributed by atoms with Crippen LogP contribution in [-0.4, -0.2) is 80.3 Å². The summed E-state index contributed by atoms with van der Waals surface area (Å²) in [6, 6.07) is 9.02. The van der Waals surface area contributed by atoms with Crippen LogP contribution in [0.3, 0.4) is 0 Å². The number of halogens is 1. The fraction of sp³-hybridized carbons (Fsp3) is 0.320. The summed E-state index contributed by atoms with van der Waals surface area (Å²) in [6.45, 7) is 0.365. The third-order valence-electron chi connectivity index (χ3n) is 6.25. The van der Waals surface area contributed by atoms with Gasteiger partial charge in [-0.15, -0.1) is 0 Å². The Morgan fingerprint density at radius 2 is 2.08 bits per heavy atom. The maximum absolute atomic E-state index is 15.9. The second kappa shape index (κ2) is 9.86. The molecule has 5 heterocycles. The summed E-state index contributed by atoms with van der Waals surface area (Å²) in [6.07, 6.45) is 6.54. The standard InChI is InChI=1S/C25H27FN8O2/c1-32(2)20-9-8-16(12-27-20)23-22(26)25(29-17-6-5-10-33(14-17)21(36)15-35)31-24(30-23)18-13-28-34-11-4-3-7-19(18)34/h3-4,7-9,11-13,17,35H,5-6,10,14-15H2,1-2H3,(H,29,30,31)/t17-/m1/s1. The van der Waals surface area contributed by atoms with Gasteiger partial charge in [0.1, 0.15) is 18.1 Å². The topological polar surface area (TPSA) is 112 Å². The molecule has 1 fully saturated rings. The zero-order valence-corrected chi connectivity index (χ0v) is 20.1. The lowest BCUT2D eigenvalue weighted by Crippen LogP contribution is -2.46. The first-order valence-electron chi connectivity index (χ1n) is 11.7. The van der Waals surface area contributed by atoms with Gasteiger partial charge in [0.25, 0.3) is 0 Å². The number of amides is 1. The molecule has 0 spiro atoms. The van der Waals surface area contributed by atoms with Gasteiger partial charge in [-0.3, -0.25) is 4.79 Å². The lowest BCUT2D eigenvalue weighted by molar-refractivity contribution is -0.135. The number of carbonyl (C=O) groups excluding carboxylic acids is 1. The smallest absolute Gasteiger partial charge is 0.248 e. The second-order valence-corrected chi connectivity index (χ2v) is 8.93. The maximum atomic E-state index is 15.9. The predicted molar refractivity (Wildman–Crippen MR) is 134 cm³/mol. The molecule has 11 heteroatoms. The second-order valence-electron chi connectivity index (χ2n) is 8.93. The maximum Gasteiger partial charge on any atom is 0.248 e. The number of pyridine rings is 2. The van der Waals surface area contributed by atoms with Crippen molar-refractivity contribution < 1.29 is 14.3 Å². The number of rotatable bonds is 6. The van der Waals surface area contributed by atoms with Crippen LogP contribution in [0.15, 0.2) is 48.9 Å². The van der Waals surface area contributed by atoms with Crippen LogP contribution in [0.1, 0.15) is 12.8 Å². The van der Waals surface area contributed by atoms with Crippen molar-refractivity contribution in [2.75, 3.05) is 44.0 Å². The van der Waals surface area contributed by atoms with E-state index in [1.807, 2.05) is 43.4 Å². The first-order valence-corrected chi connectivity index (χ1v) is 11.7. The molecule has 0 unspecified atom stereocenters. The number of carbonyl (C=O) groups is 1. The average Bonchev–Trinajstić information content (AvgIpc) is 3.34. The van der Waals surface area contributed by atoms with Crippen LogP contribution in [0.2, 0.25) is 0 Å². The molecule has 1 aliphatic heterocycles. The van der Waals surface area contributed by atoms with E-state index in [2.05, 4.69) is 25.4 Å². The van der Waals surface area contributed by atoms with Crippen molar-refractivity contribution in [3.05, 3.63) is 54.7 Å². The molecule has 2 N–H and O–H groups in total. The summed E-state index contributed by atoms with van der Waals surface area (Å²) < 4.78 is 17.6. The Morgan fingerprint density at radius 3 is 2.83 bits per heavy atom. The molecule has 0 saturated carbocycles. The Labute approximate surface area is 207 Å². The van der Waals surface area contributed by atoms with Gasteiger partial charge in [-0.05, 0) is 37.1 Å². The average molecular weight is 491 g/mol. The molecule has 1 saturated heterocycles. The highest BCUT2D eigenvalue weighted by Gasteiger charge is 2.26. The van der Waals surface area contributed by atoms with Crippen LogP contribution >= 0.6 is 0 Å². The highest BCUT2D eigenvalue weighted by atomic mass is 19.1. The fourth-order valence-electron chi connectivity index (χ4n) is 4.37. The highest BCUT2D eigenvalue weighted by Crippen LogP contribution is 2.31. The van der Waals surface area contributed by atoms with E-state index >= 15 is 4.39 Å². The number of nitrogens with one attached hydrogen (secondary N) is 1. The number of aliphatic hydroxyl groups is 1. The van der Waals surface area contributed by atoms with E-state index in [4.69, 9.17) is 0 Å². The van der Waals surface area contributed by atoms with E-state index in [0.717, 1.165) is 24.2 Å². The lowest BCUT2D eigenvalue weighted by atomic mass is 10.1. The van der Waals surface area contributed by atoms with E-state index in [1.165, 1.54) is 0 Å². The molecule has 0 aromatic carbocycles. The minimum atomic E-state index is -0.597. The molecule has 0 radical (unpaired) electrons. The van der Waals surface area contributed by atoms with E-state index in [9.17, 15) is 9.90 Å². The molecule has 0 aliphatic carbocycles. The van der Waals surface area contributed by atoms with Gasteiger partial charge in [0.2, 0.25) is 5.91 Å². The summed E-state index contributed by atoms with van der Waals surface area (Å²) in [5.74, 6) is 0.172. The van der Waals surface area contributed by atoms with Crippen LogP contribution in [0.5, 0.6) is 0 Å². The molecule has 10 nitrogen and oxygen atoms in total. The Kier molecular flexibility index (Phi) is 6.47. The number of hydrogen-bond donors (Lipinski definition) is 2. The lowest BCUT2D eigenvalue weighted by Gasteiger charge is -2.33. The summed E-state index contributed by atoms with van der Waals surface area (Å²) in [7, 11) is 3.77. The Bertz CT molecular complexity index is 1390. The predicted octanol–water partition coefficient (Wildman–Crippen LogP) is 2.45. The van der Waals surface area contributed by atoms with E-state index in [-0.39, 0.29) is 23.5 Å². The van der Waals surface area contributed by atoms with Gasteiger partial charge in [-0.1, -0.05) is 6.07 Å². The molecule has 186 valence electrons. The van der Waals surface area contributed by atoms with Crippen molar-refractivity contribution in [3.63, 3.8) is 0 Å². The van der Waals surface area contributed by atoms with Crippen LogP contribution in [0.25, 0.3) is 28.2 Å². The largest absolute Gasteiger partial charge is 0.387 e. The molecule has 0 bridgehead atoms. The van der Waals surface area contributed by atoms with Gasteiger partial charge in [0.05, 0.1) is 17.3 Å². The van der Waals surface area contributed by atoms with E-state index in [1.54, 1.807) is 33.9 Å². The summed E-state index contributed by atoms with van der Waals surface area (Å²) >= 11 is 0. The molecular formula is C25H27FN8O2. The molecular weight excluding hydrogens is 463 g/mol. The first-order chi connectivity index (χ1) is 17.4. The van der Waals surface area contributed by atoms with Gasteiger partial charge in [-0.25, -0.2) is 23.9 Å². The Balaban J connectivity index is 1.57. The number of piperidine rings is 1. The molecule has 1 amide bonds. The van der Waals surface area contributed by atoms with E-state index in [0.29, 0.717) is 30.0 Å². The van der Waals surface area contributed by atoms with Gasteiger partial charge in [-0.2, -0.15) is 5.10 Å². The molecule has 4 aromatic rings. The van der Waals surface area contributed by atoms with Crippen LogP contribution in [0, 0.1) is 5.82 Å². The molecule has 1 aliphatic rings. The zero-order valence-electron chi connectivity index (χ0n) is 20.1. The number of aromatic nitrogens is 5. The quantitative estimate of drug-likeness (QED) is 0.424. The van der Waals surface area contributed by atoms with Crippen molar-refractivity contribution in [2.45, 2.75) is 18.9 Å². The number of aliphatic hydroxyl groups excluding tert-OH is 1. The highest BCUT2D eigenvalue weighted by molar-refractivity contribution is 5.79. The van der Waals surface area contributed by atoms with Crippen LogP contribution in [-0.2, 0) is 4.79 Å². The molecule has 4 aromatic heterocycles. The Morgan fingerprint density at radius 1 is 1.22 bits per heavy atom. The van der Waals surface area contributed by atoms with Gasteiger partial charge in [0.15, 0.2) is 17.5 Å². The SMILES string of the molecule is CN(C)c1ccc(-c2nc(-c3cnn4ccccc34)nc(N[C@@H]3CCCN(C(=O)CO)C3)c2F)cn1. The molecule has 1 atom stereocenters. The summed E-state index contributed by atoms with van der Waals surface area (Å²) in [5.41, 5.74) is 2.09. The van der Waals surface area contributed by atoms with Crippen molar-refractivity contribution in [3.8, 4) is 22.6 Å². The van der Waals surface area contributed by atoms with Crippen molar-refractivity contribution in [1.29, 1.82) is 0 Å². The summed E-state index contributed by atoms with van der Waals surface area (Å²) in [4.78, 5) is 29.0. The third kappa shape index (κ3) is 4.57. The van der Waals surface area contributed by atoms with Crippen LogP contribution < -0.4 is 10.2 Å². The monoisotopic (exact) mass is 490 g/mol.